The van der Waals surface area contributed by atoms with Gasteiger partial charge in [-0.2, -0.15) is 0 Å². The molecule has 8 rings (SSSR count). The largest absolute Gasteiger partial charge is 0.0874 e. The van der Waals surface area contributed by atoms with Crippen molar-refractivity contribution < 1.29 is 0 Å². The zero-order valence-corrected chi connectivity index (χ0v) is 39.6. The molecule has 1 atom stereocenters. The lowest BCUT2D eigenvalue weighted by Crippen LogP contribution is -2.30. The van der Waals surface area contributed by atoms with E-state index in [9.17, 15) is 0 Å². The highest BCUT2D eigenvalue weighted by molar-refractivity contribution is 5.46. The smallest absolute Gasteiger partial charge is 0.0140 e. The maximum atomic E-state index is 2.37. The minimum absolute atomic E-state index is 0.146. The molecule has 4 aromatic rings. The van der Waals surface area contributed by atoms with Crippen LogP contribution in [0, 0.1) is 37.5 Å². The molecule has 324 valence electrons. The predicted octanol–water partition coefficient (Wildman–Crippen LogP) is 17.9. The summed E-state index contributed by atoms with van der Waals surface area (Å²) in [5.74, 6) is 0.463. The van der Waals surface area contributed by atoms with Crippen molar-refractivity contribution >= 4 is 0 Å². The molecule has 62 heavy (non-hydrogen) atoms. The third kappa shape index (κ3) is 20.2. The van der Waals surface area contributed by atoms with Gasteiger partial charge in [0.25, 0.3) is 0 Å². The van der Waals surface area contributed by atoms with Crippen molar-refractivity contribution in [3.05, 3.63) is 263 Å². The number of allylic oxidation sites excluding steroid dienone is 20. The van der Waals surface area contributed by atoms with E-state index in [2.05, 4.69) is 226 Å². The van der Waals surface area contributed by atoms with E-state index in [1.165, 1.54) is 71.1 Å². The zero-order valence-electron chi connectivity index (χ0n) is 39.6. The summed E-state index contributed by atoms with van der Waals surface area (Å²) in [6, 6.07) is 41.4. The molecule has 0 bridgehead atoms. The van der Waals surface area contributed by atoms with E-state index in [4.69, 9.17) is 0 Å². The lowest BCUT2D eigenvalue weighted by molar-refractivity contribution is 0.347. The van der Waals surface area contributed by atoms with E-state index in [-0.39, 0.29) is 5.41 Å². The predicted molar refractivity (Wildman–Crippen MR) is 276 cm³/mol. The summed E-state index contributed by atoms with van der Waals surface area (Å²) >= 11 is 0. The lowest BCUT2D eigenvalue weighted by atomic mass is 9.63. The zero-order chi connectivity index (χ0) is 44.9. The third-order valence-corrected chi connectivity index (χ3v) is 11.0. The van der Waals surface area contributed by atoms with Gasteiger partial charge in [-0.1, -0.05) is 269 Å². The van der Waals surface area contributed by atoms with Crippen LogP contribution < -0.4 is 0 Å². The molecular weight excluding hydrogens is 745 g/mol. The Hall–Kier alpha value is -5.72. The molecule has 0 saturated heterocycles. The molecule has 0 aromatic heterocycles. The van der Waals surface area contributed by atoms with Gasteiger partial charge in [-0.05, 0) is 101 Å². The van der Waals surface area contributed by atoms with Crippen LogP contribution >= 0.6 is 0 Å². The molecule has 4 aliphatic rings. The summed E-state index contributed by atoms with van der Waals surface area (Å²) in [5, 5.41) is 0. The Balaban J connectivity index is 0.000000211. The molecule has 0 saturated carbocycles. The van der Waals surface area contributed by atoms with Crippen LogP contribution in [0.5, 0.6) is 0 Å². The van der Waals surface area contributed by atoms with E-state index in [0.29, 0.717) is 11.3 Å². The fourth-order valence-electron chi connectivity index (χ4n) is 7.36. The average Bonchev–Trinajstić information content (AvgIpc) is 3.26. The summed E-state index contributed by atoms with van der Waals surface area (Å²) in [5.41, 5.74) is 11.8. The van der Waals surface area contributed by atoms with Crippen molar-refractivity contribution in [2.45, 2.75) is 101 Å². The van der Waals surface area contributed by atoms with Gasteiger partial charge in [0, 0.05) is 11.3 Å². The highest BCUT2D eigenvalue weighted by atomic mass is 14.4. The Morgan fingerprint density at radius 3 is 1.50 bits per heavy atom. The van der Waals surface area contributed by atoms with Crippen LogP contribution in [0.1, 0.15) is 95.9 Å². The second-order valence-electron chi connectivity index (χ2n) is 17.5. The van der Waals surface area contributed by atoms with Gasteiger partial charge in [-0.15, -0.1) is 0 Å². The van der Waals surface area contributed by atoms with E-state index < -0.39 is 0 Å². The van der Waals surface area contributed by atoms with Crippen LogP contribution in [0.3, 0.4) is 0 Å². The summed E-state index contributed by atoms with van der Waals surface area (Å²) in [7, 11) is 0. The molecule has 0 heterocycles. The second-order valence-corrected chi connectivity index (χ2v) is 17.5. The Bertz CT molecular complexity index is 2050. The normalized spacial score (nSPS) is 16.0. The minimum atomic E-state index is 0.146. The van der Waals surface area contributed by atoms with Gasteiger partial charge < -0.3 is 0 Å². The quantitative estimate of drug-likeness (QED) is 0.163. The van der Waals surface area contributed by atoms with Crippen molar-refractivity contribution in [3.8, 4) is 0 Å². The van der Waals surface area contributed by atoms with Gasteiger partial charge in [0.1, 0.15) is 0 Å². The van der Waals surface area contributed by atoms with Crippen molar-refractivity contribution in [1.29, 1.82) is 0 Å². The Morgan fingerprint density at radius 1 is 0.613 bits per heavy atom. The molecule has 0 heteroatoms. The SMILES string of the molecule is C/C=C\C(=C/C)C(C1=CC=CCC1)C(C)(C)C1=CC=C1.C1=CC(Cc2ccccc2)=CCC1.CC1(C)C=CC=CC1.Cc1ccccc1.Cc1ccccc1.Cc1ccccc1. The lowest BCUT2D eigenvalue weighted by Gasteiger charge is -2.40. The molecule has 0 aliphatic heterocycles. The molecule has 0 spiro atoms. The fourth-order valence-corrected chi connectivity index (χ4v) is 7.36. The van der Waals surface area contributed by atoms with Crippen LogP contribution in [0.15, 0.2) is 241 Å². The summed E-state index contributed by atoms with van der Waals surface area (Å²) < 4.78 is 0. The summed E-state index contributed by atoms with van der Waals surface area (Å²) in [6.07, 6.45) is 42.7. The number of benzene rings is 4. The third-order valence-electron chi connectivity index (χ3n) is 11.0. The maximum absolute atomic E-state index is 2.37. The van der Waals surface area contributed by atoms with Crippen LogP contribution in [-0.2, 0) is 6.42 Å². The van der Waals surface area contributed by atoms with Crippen LogP contribution in [0.25, 0.3) is 0 Å². The Morgan fingerprint density at radius 2 is 1.16 bits per heavy atom. The molecule has 0 N–H and O–H groups in total. The van der Waals surface area contributed by atoms with E-state index in [1.54, 1.807) is 5.57 Å². The first kappa shape index (κ1) is 50.6. The fraction of sp³-hybridized carbons (Fsp3) is 0.290. The first-order chi connectivity index (χ1) is 29.9. The van der Waals surface area contributed by atoms with Gasteiger partial charge in [0.05, 0.1) is 0 Å². The molecular formula is C62H76. The van der Waals surface area contributed by atoms with Crippen molar-refractivity contribution in [2.75, 3.05) is 0 Å². The maximum Gasteiger partial charge on any atom is 0.0140 e. The molecule has 0 amide bonds. The van der Waals surface area contributed by atoms with Crippen LogP contribution in [0.4, 0.5) is 0 Å². The summed E-state index contributed by atoms with van der Waals surface area (Å²) in [4.78, 5) is 0. The van der Waals surface area contributed by atoms with Gasteiger partial charge in [0.2, 0.25) is 0 Å². The monoisotopic (exact) mass is 821 g/mol. The average molecular weight is 821 g/mol. The first-order valence-electron chi connectivity index (χ1n) is 22.8. The van der Waals surface area contributed by atoms with Crippen LogP contribution in [0.2, 0.25) is 0 Å². The number of aryl methyl sites for hydroxylation is 3. The van der Waals surface area contributed by atoms with Gasteiger partial charge >= 0.3 is 0 Å². The highest BCUT2D eigenvalue weighted by Crippen LogP contribution is 2.47. The standard InChI is InChI=1S/C20H26.C13H14.C8H12.3C7H8/c1-5-11-16(6-2)19(17-12-8-7-9-13-17)20(3,4)18-14-10-15-18;1-3-7-12(8-4-1)11-13-9-5-2-6-10-13;1-8(2)6-4-3-5-7-8;3*1-7-5-3-2-4-6-7/h5-8,10-12,14-15,19H,9,13H2,1-4H3;1,3-5,7-10H,2,6,11H2;3-6H,7H2,1-2H3;3*2-6H,1H3/b11-5-,16-6+;;;;;. The molecule has 0 nitrogen and oxygen atoms in total. The second kappa shape index (κ2) is 28.7. The van der Waals surface area contributed by atoms with Gasteiger partial charge in [0.15, 0.2) is 0 Å². The molecule has 0 radical (unpaired) electrons. The minimum Gasteiger partial charge on any atom is -0.0874 e. The van der Waals surface area contributed by atoms with Gasteiger partial charge in [-0.3, -0.25) is 0 Å². The van der Waals surface area contributed by atoms with Gasteiger partial charge in [-0.25, -0.2) is 0 Å². The first-order valence-corrected chi connectivity index (χ1v) is 22.8. The molecule has 1 unspecified atom stereocenters. The van der Waals surface area contributed by atoms with Crippen molar-refractivity contribution in [3.63, 3.8) is 0 Å². The Kier molecular flexibility index (Phi) is 23.5. The number of rotatable bonds is 7. The summed E-state index contributed by atoms with van der Waals surface area (Å²) in [6.45, 7) is 19.7. The van der Waals surface area contributed by atoms with Crippen LogP contribution in [-0.4, -0.2) is 0 Å². The van der Waals surface area contributed by atoms with E-state index in [0.717, 1.165) is 6.42 Å². The van der Waals surface area contributed by atoms with Crippen molar-refractivity contribution in [2.24, 2.45) is 16.7 Å². The number of hydrogen-bond donors (Lipinski definition) is 0. The topological polar surface area (TPSA) is 0 Å². The van der Waals surface area contributed by atoms with E-state index in [1.807, 2.05) is 54.6 Å². The number of hydrogen-bond acceptors (Lipinski definition) is 0. The Labute approximate surface area is 379 Å². The molecule has 4 aromatic carbocycles. The van der Waals surface area contributed by atoms with Crippen molar-refractivity contribution in [1.82, 2.24) is 0 Å². The molecule has 0 fully saturated rings. The molecule has 4 aliphatic carbocycles. The highest BCUT2D eigenvalue weighted by Gasteiger charge is 2.36. The van der Waals surface area contributed by atoms with E-state index >= 15 is 0 Å².